The van der Waals surface area contributed by atoms with Crippen LogP contribution in [0.15, 0.2) is 0 Å². The van der Waals surface area contributed by atoms with Crippen LogP contribution in [0.5, 0.6) is 0 Å². The molecule has 6 unspecified atom stereocenters. The van der Waals surface area contributed by atoms with Gasteiger partial charge in [-0.1, -0.05) is 0 Å². The van der Waals surface area contributed by atoms with Gasteiger partial charge >= 0.3 is 12.4 Å². The van der Waals surface area contributed by atoms with Gasteiger partial charge in [-0.2, -0.15) is 26.3 Å². The van der Waals surface area contributed by atoms with Gasteiger partial charge in [-0.15, -0.1) is 0 Å². The van der Waals surface area contributed by atoms with Gasteiger partial charge in [-0.3, -0.25) is 0 Å². The molecule has 0 aromatic carbocycles. The van der Waals surface area contributed by atoms with E-state index in [0.29, 0.717) is 13.8 Å². The Labute approximate surface area is 113 Å². The molecule has 0 heterocycles. The maximum atomic E-state index is 13.1. The number of hydrogen-bond donors (Lipinski definition) is 0. The van der Waals surface area contributed by atoms with Gasteiger partial charge < -0.3 is 4.74 Å². The van der Waals surface area contributed by atoms with Gasteiger partial charge in [0.25, 0.3) is 0 Å². The summed E-state index contributed by atoms with van der Waals surface area (Å²) in [6, 6.07) is 0. The summed E-state index contributed by atoms with van der Waals surface area (Å²) in [7, 11) is 0. The van der Waals surface area contributed by atoms with Crippen molar-refractivity contribution in [1.82, 2.24) is 0 Å². The van der Waals surface area contributed by atoms with Crippen molar-refractivity contribution in [1.29, 1.82) is 0 Å². The van der Waals surface area contributed by atoms with Gasteiger partial charge in [0, 0.05) is 0 Å². The summed E-state index contributed by atoms with van der Waals surface area (Å²) >= 11 is 0. The van der Waals surface area contributed by atoms with E-state index in [2.05, 4.69) is 4.74 Å². The van der Waals surface area contributed by atoms with E-state index in [1.54, 1.807) is 0 Å². The highest BCUT2D eigenvalue weighted by atomic mass is 19.4. The van der Waals surface area contributed by atoms with Crippen molar-refractivity contribution in [2.75, 3.05) is 0 Å². The molecule has 0 aliphatic heterocycles. The minimum absolute atomic E-state index is 0.563. The lowest BCUT2D eigenvalue weighted by atomic mass is 10.1. The molecule has 0 aliphatic rings. The van der Waals surface area contributed by atoms with E-state index in [4.69, 9.17) is 0 Å². The van der Waals surface area contributed by atoms with Crippen LogP contribution in [0.2, 0.25) is 0 Å². The molecule has 0 saturated carbocycles. The largest absolute Gasteiger partial charge is 0.422 e. The summed E-state index contributed by atoms with van der Waals surface area (Å²) in [5.74, 6) is 0. The Balaban J connectivity index is 4.67. The lowest BCUT2D eigenvalue weighted by Crippen LogP contribution is -2.45. The maximum Gasteiger partial charge on any atom is 0.422 e. The lowest BCUT2D eigenvalue weighted by molar-refractivity contribution is -0.224. The van der Waals surface area contributed by atoms with Crippen molar-refractivity contribution < 1.29 is 48.6 Å². The van der Waals surface area contributed by atoms with Crippen LogP contribution in [0.3, 0.4) is 0 Å². The fraction of sp³-hybridized carbons (Fsp3) is 1.00. The fourth-order valence-corrected chi connectivity index (χ4v) is 1.33. The van der Waals surface area contributed by atoms with Crippen molar-refractivity contribution >= 4 is 0 Å². The Kier molecular flexibility index (Phi) is 6.77. The summed E-state index contributed by atoms with van der Waals surface area (Å²) < 4.78 is 127. The van der Waals surface area contributed by atoms with Crippen LogP contribution >= 0.6 is 0 Å². The summed E-state index contributed by atoms with van der Waals surface area (Å²) in [5.41, 5.74) is 0. The third-order valence-corrected chi connectivity index (χ3v) is 2.51. The molecule has 11 heteroatoms. The molecule has 0 aromatic rings. The van der Waals surface area contributed by atoms with Crippen LogP contribution in [0, 0.1) is 0 Å². The quantitative estimate of drug-likeness (QED) is 0.658. The second kappa shape index (κ2) is 7.01. The predicted octanol–water partition coefficient (Wildman–Crippen LogP) is 4.26. The molecule has 0 rings (SSSR count). The van der Waals surface area contributed by atoms with Crippen LogP contribution in [0.25, 0.3) is 0 Å². The highest BCUT2D eigenvalue weighted by Crippen LogP contribution is 2.32. The molecule has 128 valence electrons. The standard InChI is InChI=1S/C10H12F10O/c1-3(5(11)7(13)9(15,16)17)21-4(2)6(12)8(14)10(18,19)20/h3-8H,1-2H3. The molecule has 1 nitrogen and oxygen atoms in total. The molecule has 0 fully saturated rings. The third-order valence-electron chi connectivity index (χ3n) is 2.51. The fourth-order valence-electron chi connectivity index (χ4n) is 1.33. The monoisotopic (exact) mass is 338 g/mol. The van der Waals surface area contributed by atoms with Crippen LogP contribution in [0.4, 0.5) is 43.9 Å². The van der Waals surface area contributed by atoms with Crippen LogP contribution < -0.4 is 0 Å². The molecule has 0 aliphatic carbocycles. The summed E-state index contributed by atoms with van der Waals surface area (Å²) in [4.78, 5) is 0. The van der Waals surface area contributed by atoms with Gasteiger partial charge in [-0.25, -0.2) is 17.6 Å². The molecular formula is C10H12F10O. The summed E-state index contributed by atoms with van der Waals surface area (Å²) in [6.45, 7) is 1.13. The first-order chi connectivity index (χ1) is 9.19. The highest BCUT2D eigenvalue weighted by molar-refractivity contribution is 4.84. The second-order valence-corrected chi connectivity index (χ2v) is 4.32. The zero-order chi connectivity index (χ0) is 17.2. The third kappa shape index (κ3) is 5.87. The zero-order valence-electron chi connectivity index (χ0n) is 10.7. The average Bonchev–Trinajstić information content (AvgIpc) is 2.32. The van der Waals surface area contributed by atoms with E-state index >= 15 is 0 Å². The van der Waals surface area contributed by atoms with Crippen LogP contribution in [-0.4, -0.2) is 49.2 Å². The van der Waals surface area contributed by atoms with Gasteiger partial charge in [0.15, 0.2) is 12.3 Å². The molecule has 0 amide bonds. The Bertz CT molecular complexity index is 284. The minimum Gasteiger partial charge on any atom is -0.369 e. The van der Waals surface area contributed by atoms with E-state index in [9.17, 15) is 43.9 Å². The van der Waals surface area contributed by atoms with Crippen molar-refractivity contribution in [2.45, 2.75) is 63.1 Å². The van der Waals surface area contributed by atoms with Crippen molar-refractivity contribution in [3.8, 4) is 0 Å². The molecule has 0 aromatic heterocycles. The number of hydrogen-bond acceptors (Lipinski definition) is 1. The van der Waals surface area contributed by atoms with Gasteiger partial charge in [0.1, 0.15) is 0 Å². The van der Waals surface area contributed by atoms with Crippen molar-refractivity contribution in [3.05, 3.63) is 0 Å². The Morgan fingerprint density at radius 3 is 1.05 bits per heavy atom. The first kappa shape index (κ1) is 20.3. The number of ether oxygens (including phenoxy) is 1. The predicted molar refractivity (Wildman–Crippen MR) is 51.7 cm³/mol. The Morgan fingerprint density at radius 2 is 0.857 bits per heavy atom. The smallest absolute Gasteiger partial charge is 0.369 e. The first-order valence-corrected chi connectivity index (χ1v) is 5.54. The zero-order valence-corrected chi connectivity index (χ0v) is 10.7. The maximum absolute atomic E-state index is 13.1. The molecule has 0 spiro atoms. The van der Waals surface area contributed by atoms with Gasteiger partial charge in [0.05, 0.1) is 12.2 Å². The summed E-state index contributed by atoms with van der Waals surface area (Å²) in [5, 5.41) is 0. The number of alkyl halides is 10. The lowest BCUT2D eigenvalue weighted by Gasteiger charge is -2.28. The van der Waals surface area contributed by atoms with Crippen LogP contribution in [0.1, 0.15) is 13.8 Å². The summed E-state index contributed by atoms with van der Waals surface area (Å²) in [6.07, 6.45) is -30.0. The Morgan fingerprint density at radius 1 is 0.619 bits per heavy atom. The van der Waals surface area contributed by atoms with E-state index < -0.39 is 49.2 Å². The van der Waals surface area contributed by atoms with Crippen LogP contribution in [-0.2, 0) is 4.74 Å². The topological polar surface area (TPSA) is 9.23 Å². The van der Waals surface area contributed by atoms with Crippen molar-refractivity contribution in [3.63, 3.8) is 0 Å². The number of rotatable bonds is 6. The van der Waals surface area contributed by atoms with Crippen molar-refractivity contribution in [2.24, 2.45) is 0 Å². The van der Waals surface area contributed by atoms with E-state index in [-0.39, 0.29) is 0 Å². The molecule has 0 saturated heterocycles. The molecule has 0 bridgehead atoms. The Hall–Kier alpha value is -0.740. The number of halogens is 10. The molecule has 0 radical (unpaired) electrons. The van der Waals surface area contributed by atoms with E-state index in [0.717, 1.165) is 0 Å². The first-order valence-electron chi connectivity index (χ1n) is 5.54. The average molecular weight is 338 g/mol. The molecule has 0 N–H and O–H groups in total. The van der Waals surface area contributed by atoms with E-state index in [1.807, 2.05) is 0 Å². The second-order valence-electron chi connectivity index (χ2n) is 4.32. The van der Waals surface area contributed by atoms with Gasteiger partial charge in [0.2, 0.25) is 12.3 Å². The van der Waals surface area contributed by atoms with E-state index in [1.165, 1.54) is 0 Å². The highest BCUT2D eigenvalue weighted by Gasteiger charge is 2.51. The molecular weight excluding hydrogens is 326 g/mol. The normalized spacial score (nSPS) is 22.3. The molecule has 6 atom stereocenters. The SMILES string of the molecule is CC(OC(C)C(F)C(F)C(F)(F)F)C(F)C(F)C(F)(F)F. The minimum atomic E-state index is -5.55. The van der Waals surface area contributed by atoms with Gasteiger partial charge in [-0.05, 0) is 13.8 Å². The molecule has 21 heavy (non-hydrogen) atoms.